The highest BCUT2D eigenvalue weighted by Gasteiger charge is 2.32. The van der Waals surface area contributed by atoms with Crippen molar-refractivity contribution in [1.82, 2.24) is 0 Å². The van der Waals surface area contributed by atoms with Crippen LogP contribution in [0.25, 0.3) is 0 Å². The van der Waals surface area contributed by atoms with Crippen molar-refractivity contribution in [2.45, 2.75) is 19.9 Å². The summed E-state index contributed by atoms with van der Waals surface area (Å²) >= 11 is 0. The van der Waals surface area contributed by atoms with Crippen LogP contribution in [0.5, 0.6) is 11.5 Å². The molecule has 0 aliphatic heterocycles. The minimum absolute atomic E-state index is 0.105. The van der Waals surface area contributed by atoms with Gasteiger partial charge in [0.05, 0.1) is 0 Å². The quantitative estimate of drug-likeness (QED) is 0.823. The molecule has 2 nitrogen and oxygen atoms in total. The summed E-state index contributed by atoms with van der Waals surface area (Å²) in [7, 11) is 0. The second-order valence-electron chi connectivity index (χ2n) is 4.22. The molecule has 2 aromatic rings. The first-order chi connectivity index (χ1) is 9.46. The smallest absolute Gasteiger partial charge is 0.485 e. The van der Waals surface area contributed by atoms with Gasteiger partial charge in [-0.05, 0) is 24.1 Å². The molecule has 20 heavy (non-hydrogen) atoms. The standard InChI is InChI=1S/C15H13F3O2/c1-11-6-5-9-13(20-15(16,17)18)14(11)19-10-12-7-3-2-4-8-12/h2-9H,10H2,1H3. The van der Waals surface area contributed by atoms with Crippen molar-refractivity contribution >= 4 is 0 Å². The highest BCUT2D eigenvalue weighted by Crippen LogP contribution is 2.35. The van der Waals surface area contributed by atoms with E-state index in [1.165, 1.54) is 12.1 Å². The number of hydrogen-bond donors (Lipinski definition) is 0. The van der Waals surface area contributed by atoms with Gasteiger partial charge in [-0.3, -0.25) is 0 Å². The van der Waals surface area contributed by atoms with E-state index in [9.17, 15) is 13.2 Å². The molecular weight excluding hydrogens is 269 g/mol. The van der Waals surface area contributed by atoms with Crippen LogP contribution < -0.4 is 9.47 Å². The van der Waals surface area contributed by atoms with Crippen molar-refractivity contribution in [2.75, 3.05) is 0 Å². The lowest BCUT2D eigenvalue weighted by molar-refractivity contribution is -0.275. The fourth-order valence-electron chi connectivity index (χ4n) is 1.75. The van der Waals surface area contributed by atoms with Crippen LogP contribution in [0.15, 0.2) is 48.5 Å². The van der Waals surface area contributed by atoms with E-state index in [0.717, 1.165) is 5.56 Å². The summed E-state index contributed by atoms with van der Waals surface area (Å²) in [6, 6.07) is 13.6. The number of benzene rings is 2. The maximum Gasteiger partial charge on any atom is 0.573 e. The molecule has 0 unspecified atom stereocenters. The van der Waals surface area contributed by atoms with E-state index in [0.29, 0.717) is 5.56 Å². The Balaban J connectivity index is 2.18. The molecule has 0 aliphatic rings. The predicted molar refractivity (Wildman–Crippen MR) is 68.6 cm³/mol. The summed E-state index contributed by atoms with van der Waals surface area (Å²) < 4.78 is 46.5. The monoisotopic (exact) mass is 282 g/mol. The van der Waals surface area contributed by atoms with Gasteiger partial charge in [0.2, 0.25) is 0 Å². The Morgan fingerprint density at radius 1 is 0.950 bits per heavy atom. The Morgan fingerprint density at radius 2 is 1.65 bits per heavy atom. The first-order valence-corrected chi connectivity index (χ1v) is 5.98. The summed E-state index contributed by atoms with van der Waals surface area (Å²) in [4.78, 5) is 0. The van der Waals surface area contributed by atoms with Crippen LogP contribution in [-0.4, -0.2) is 6.36 Å². The Labute approximate surface area is 114 Å². The van der Waals surface area contributed by atoms with Gasteiger partial charge in [0.25, 0.3) is 0 Å². The van der Waals surface area contributed by atoms with E-state index in [1.807, 2.05) is 30.3 Å². The van der Waals surface area contributed by atoms with Gasteiger partial charge in [0.15, 0.2) is 11.5 Å². The first-order valence-electron chi connectivity index (χ1n) is 5.98. The fourth-order valence-corrected chi connectivity index (χ4v) is 1.75. The van der Waals surface area contributed by atoms with Gasteiger partial charge in [0, 0.05) is 0 Å². The van der Waals surface area contributed by atoms with Crippen LogP contribution in [0, 0.1) is 6.92 Å². The fraction of sp³-hybridized carbons (Fsp3) is 0.200. The lowest BCUT2D eigenvalue weighted by Crippen LogP contribution is -2.18. The molecule has 0 saturated heterocycles. The molecule has 0 spiro atoms. The van der Waals surface area contributed by atoms with Crippen LogP contribution in [0.4, 0.5) is 13.2 Å². The molecule has 0 amide bonds. The molecule has 0 aliphatic carbocycles. The summed E-state index contributed by atoms with van der Waals surface area (Å²) in [5, 5.41) is 0. The SMILES string of the molecule is Cc1cccc(OC(F)(F)F)c1OCc1ccccc1. The maximum atomic E-state index is 12.3. The molecule has 2 rings (SSSR count). The van der Waals surface area contributed by atoms with Gasteiger partial charge in [-0.2, -0.15) is 0 Å². The molecule has 0 atom stereocenters. The van der Waals surface area contributed by atoms with E-state index in [2.05, 4.69) is 4.74 Å². The van der Waals surface area contributed by atoms with Gasteiger partial charge in [-0.1, -0.05) is 42.5 Å². The van der Waals surface area contributed by atoms with E-state index in [-0.39, 0.29) is 18.1 Å². The molecule has 2 aromatic carbocycles. The number of rotatable bonds is 4. The van der Waals surface area contributed by atoms with Gasteiger partial charge >= 0.3 is 6.36 Å². The van der Waals surface area contributed by atoms with E-state index in [1.54, 1.807) is 13.0 Å². The molecule has 5 heteroatoms. The lowest BCUT2D eigenvalue weighted by atomic mass is 10.2. The van der Waals surface area contributed by atoms with Crippen LogP contribution in [0.1, 0.15) is 11.1 Å². The molecule has 0 N–H and O–H groups in total. The summed E-state index contributed by atoms with van der Waals surface area (Å²) in [6.45, 7) is 1.85. The van der Waals surface area contributed by atoms with Gasteiger partial charge in [0.1, 0.15) is 6.61 Å². The number of aryl methyl sites for hydroxylation is 1. The molecule has 0 fully saturated rings. The van der Waals surface area contributed by atoms with Gasteiger partial charge < -0.3 is 9.47 Å². The average Bonchev–Trinajstić information content (AvgIpc) is 2.37. The zero-order valence-corrected chi connectivity index (χ0v) is 10.8. The third-order valence-corrected chi connectivity index (χ3v) is 2.63. The number of hydrogen-bond acceptors (Lipinski definition) is 2. The topological polar surface area (TPSA) is 18.5 Å². The van der Waals surface area contributed by atoms with E-state index >= 15 is 0 Å². The largest absolute Gasteiger partial charge is 0.573 e. The molecular formula is C15H13F3O2. The van der Waals surface area contributed by atoms with Crippen molar-refractivity contribution < 1.29 is 22.6 Å². The molecule has 0 saturated carbocycles. The normalized spacial score (nSPS) is 11.2. The van der Waals surface area contributed by atoms with Crippen LogP contribution >= 0.6 is 0 Å². The third kappa shape index (κ3) is 3.91. The minimum Gasteiger partial charge on any atom is -0.485 e. The molecule has 0 heterocycles. The van der Waals surface area contributed by atoms with E-state index in [4.69, 9.17) is 4.74 Å². The summed E-state index contributed by atoms with van der Waals surface area (Å²) in [5.41, 5.74) is 1.45. The molecule has 106 valence electrons. The second-order valence-corrected chi connectivity index (χ2v) is 4.22. The zero-order valence-electron chi connectivity index (χ0n) is 10.8. The maximum absolute atomic E-state index is 12.3. The van der Waals surface area contributed by atoms with Crippen molar-refractivity contribution in [3.8, 4) is 11.5 Å². The predicted octanol–water partition coefficient (Wildman–Crippen LogP) is 4.47. The number of halogens is 3. The molecule has 0 bridgehead atoms. The van der Waals surface area contributed by atoms with Crippen molar-refractivity contribution in [1.29, 1.82) is 0 Å². The van der Waals surface area contributed by atoms with Crippen LogP contribution in [0.2, 0.25) is 0 Å². The summed E-state index contributed by atoms with van der Waals surface area (Å²) in [6.07, 6.45) is -4.74. The molecule has 0 radical (unpaired) electrons. The third-order valence-electron chi connectivity index (χ3n) is 2.63. The number of alkyl halides is 3. The lowest BCUT2D eigenvalue weighted by Gasteiger charge is -2.16. The van der Waals surface area contributed by atoms with Crippen LogP contribution in [-0.2, 0) is 6.61 Å². The number of ether oxygens (including phenoxy) is 2. The first kappa shape index (κ1) is 14.2. The van der Waals surface area contributed by atoms with Gasteiger partial charge in [-0.25, -0.2) is 0 Å². The van der Waals surface area contributed by atoms with E-state index < -0.39 is 6.36 Å². The van der Waals surface area contributed by atoms with Gasteiger partial charge in [-0.15, -0.1) is 13.2 Å². The summed E-state index contributed by atoms with van der Waals surface area (Å²) in [5.74, 6) is -0.220. The van der Waals surface area contributed by atoms with Crippen molar-refractivity contribution in [2.24, 2.45) is 0 Å². The second kappa shape index (κ2) is 5.86. The highest BCUT2D eigenvalue weighted by molar-refractivity contribution is 5.46. The Hall–Kier alpha value is -2.17. The van der Waals surface area contributed by atoms with Crippen molar-refractivity contribution in [3.63, 3.8) is 0 Å². The zero-order chi connectivity index (χ0) is 14.6. The Kier molecular flexibility index (Phi) is 4.17. The van der Waals surface area contributed by atoms with Crippen LogP contribution in [0.3, 0.4) is 0 Å². The Morgan fingerprint density at radius 3 is 2.30 bits per heavy atom. The highest BCUT2D eigenvalue weighted by atomic mass is 19.4. The minimum atomic E-state index is -4.74. The van der Waals surface area contributed by atoms with Crippen molar-refractivity contribution in [3.05, 3.63) is 59.7 Å². The number of para-hydroxylation sites is 1. The molecule has 0 aromatic heterocycles. The Bertz CT molecular complexity index is 565. The average molecular weight is 282 g/mol.